The molecule has 1 heterocycles. The van der Waals surface area contributed by atoms with Gasteiger partial charge in [-0.15, -0.1) is 11.6 Å². The minimum Gasteiger partial charge on any atom is -0.493 e. The summed E-state index contributed by atoms with van der Waals surface area (Å²) in [5.41, 5.74) is 1.43. The van der Waals surface area contributed by atoms with Gasteiger partial charge in [-0.05, 0) is 18.2 Å². The number of rotatable bonds is 5. The summed E-state index contributed by atoms with van der Waals surface area (Å²) in [6.07, 6.45) is 3.00. The molecule has 0 saturated heterocycles. The van der Waals surface area contributed by atoms with Crippen molar-refractivity contribution < 1.29 is 9.13 Å². The van der Waals surface area contributed by atoms with Gasteiger partial charge in [0.2, 0.25) is 0 Å². The van der Waals surface area contributed by atoms with Crippen molar-refractivity contribution in [2.45, 2.75) is 12.8 Å². The molecule has 0 fully saturated rings. The molecule has 0 unspecified atom stereocenters. The average molecular weight is 307 g/mol. The van der Waals surface area contributed by atoms with Crippen LogP contribution in [0.2, 0.25) is 0 Å². The first kappa shape index (κ1) is 15.4. The molecule has 0 aliphatic carbocycles. The Morgan fingerprint density at radius 1 is 1.38 bits per heavy atom. The molecule has 0 amide bonds. The highest BCUT2D eigenvalue weighted by atomic mass is 35.5. The van der Waals surface area contributed by atoms with Crippen LogP contribution in [0.5, 0.6) is 5.75 Å². The lowest BCUT2D eigenvalue weighted by Gasteiger charge is -2.07. The van der Waals surface area contributed by atoms with Gasteiger partial charge in [-0.3, -0.25) is 4.68 Å². The minimum atomic E-state index is -0.380. The lowest BCUT2D eigenvalue weighted by atomic mass is 10.2. The average Bonchev–Trinajstić information content (AvgIpc) is 2.87. The van der Waals surface area contributed by atoms with Crippen LogP contribution in [0.15, 0.2) is 30.5 Å². The quantitative estimate of drug-likeness (QED) is 0.627. The molecule has 0 atom stereocenters. The van der Waals surface area contributed by atoms with Crippen molar-refractivity contribution in [1.82, 2.24) is 9.78 Å². The smallest absolute Gasteiger partial charge is 0.142 e. The largest absolute Gasteiger partial charge is 0.493 e. The molecule has 0 bridgehead atoms. The molecule has 5 heteroatoms. The predicted octanol–water partition coefficient (Wildman–Crippen LogP) is 3.16. The minimum absolute atomic E-state index is 0.360. The maximum Gasteiger partial charge on any atom is 0.142 e. The molecule has 0 N–H and O–H groups in total. The lowest BCUT2D eigenvalue weighted by molar-refractivity contribution is 0.316. The van der Waals surface area contributed by atoms with Crippen molar-refractivity contribution in [3.63, 3.8) is 0 Å². The number of halogens is 2. The van der Waals surface area contributed by atoms with Gasteiger partial charge < -0.3 is 4.74 Å². The second-order valence-corrected chi connectivity index (χ2v) is 4.80. The number of benzene rings is 1. The topological polar surface area (TPSA) is 27.1 Å². The van der Waals surface area contributed by atoms with Crippen molar-refractivity contribution in [2.24, 2.45) is 7.05 Å². The van der Waals surface area contributed by atoms with Crippen LogP contribution in [0.3, 0.4) is 0 Å². The Labute approximate surface area is 128 Å². The third kappa shape index (κ3) is 4.51. The maximum absolute atomic E-state index is 13.8. The molecular formula is C16H16ClFN2O. The van der Waals surface area contributed by atoms with Crippen LogP contribution < -0.4 is 4.74 Å². The van der Waals surface area contributed by atoms with Crippen LogP contribution in [0.4, 0.5) is 4.39 Å². The zero-order valence-corrected chi connectivity index (χ0v) is 12.5. The Morgan fingerprint density at radius 2 is 2.24 bits per heavy atom. The van der Waals surface area contributed by atoms with E-state index in [0.717, 1.165) is 12.1 Å². The Morgan fingerprint density at radius 3 is 2.90 bits per heavy atom. The summed E-state index contributed by atoms with van der Waals surface area (Å²) in [5.74, 6) is 6.12. The fourth-order valence-electron chi connectivity index (χ4n) is 1.81. The van der Waals surface area contributed by atoms with Gasteiger partial charge in [-0.2, -0.15) is 5.10 Å². The molecule has 21 heavy (non-hydrogen) atoms. The number of hydrogen-bond donors (Lipinski definition) is 0. The summed E-state index contributed by atoms with van der Waals surface area (Å²) >= 11 is 5.52. The van der Waals surface area contributed by atoms with E-state index in [0.29, 0.717) is 30.2 Å². The lowest BCUT2D eigenvalue weighted by Crippen LogP contribution is -2.06. The van der Waals surface area contributed by atoms with Crippen molar-refractivity contribution in [1.29, 1.82) is 0 Å². The van der Waals surface area contributed by atoms with E-state index >= 15 is 0 Å². The molecular weight excluding hydrogens is 291 g/mol. The monoisotopic (exact) mass is 306 g/mol. The highest BCUT2D eigenvalue weighted by Gasteiger charge is 2.03. The maximum atomic E-state index is 13.8. The van der Waals surface area contributed by atoms with Crippen LogP contribution in [0.25, 0.3) is 0 Å². The molecule has 3 nitrogen and oxygen atoms in total. The van der Waals surface area contributed by atoms with Crippen LogP contribution in [0, 0.1) is 17.7 Å². The van der Waals surface area contributed by atoms with E-state index in [9.17, 15) is 4.39 Å². The highest BCUT2D eigenvalue weighted by molar-refractivity contribution is 6.18. The fourth-order valence-corrected chi connectivity index (χ4v) is 1.91. The molecule has 1 aromatic heterocycles. The summed E-state index contributed by atoms with van der Waals surface area (Å²) in [4.78, 5) is 0. The number of alkyl halides is 1. The Balaban J connectivity index is 1.91. The van der Waals surface area contributed by atoms with Gasteiger partial charge in [0.25, 0.3) is 0 Å². The molecule has 0 spiro atoms. The van der Waals surface area contributed by atoms with Crippen LogP contribution in [-0.4, -0.2) is 22.3 Å². The third-order valence-electron chi connectivity index (χ3n) is 2.93. The molecule has 1 aromatic carbocycles. The van der Waals surface area contributed by atoms with Crippen molar-refractivity contribution >= 4 is 11.6 Å². The van der Waals surface area contributed by atoms with E-state index in [4.69, 9.17) is 16.3 Å². The van der Waals surface area contributed by atoms with Gasteiger partial charge in [-0.25, -0.2) is 4.39 Å². The van der Waals surface area contributed by atoms with Gasteiger partial charge in [0, 0.05) is 43.7 Å². The number of nitrogens with zero attached hydrogens (tertiary/aromatic N) is 2. The Bertz CT molecular complexity index is 658. The van der Waals surface area contributed by atoms with Gasteiger partial charge in [0.1, 0.15) is 11.6 Å². The second kappa shape index (κ2) is 7.70. The van der Waals surface area contributed by atoms with E-state index in [1.165, 1.54) is 6.07 Å². The van der Waals surface area contributed by atoms with E-state index in [1.54, 1.807) is 23.0 Å². The first-order valence-electron chi connectivity index (χ1n) is 6.65. The second-order valence-electron chi connectivity index (χ2n) is 4.43. The number of aromatic nitrogens is 2. The molecule has 0 radical (unpaired) electrons. The zero-order chi connectivity index (χ0) is 15.1. The number of aryl methyl sites for hydroxylation is 1. The first-order chi connectivity index (χ1) is 10.2. The predicted molar refractivity (Wildman–Crippen MR) is 81.0 cm³/mol. The van der Waals surface area contributed by atoms with E-state index < -0.39 is 0 Å². The van der Waals surface area contributed by atoms with Gasteiger partial charge in [0.15, 0.2) is 0 Å². The van der Waals surface area contributed by atoms with Gasteiger partial charge >= 0.3 is 0 Å². The summed E-state index contributed by atoms with van der Waals surface area (Å²) in [6.45, 7) is 0.468. The van der Waals surface area contributed by atoms with E-state index in [-0.39, 0.29) is 5.82 Å². The Kier molecular flexibility index (Phi) is 5.65. The summed E-state index contributed by atoms with van der Waals surface area (Å²) in [6, 6.07) is 6.63. The van der Waals surface area contributed by atoms with E-state index in [2.05, 4.69) is 16.9 Å². The first-order valence-corrected chi connectivity index (χ1v) is 7.18. The molecule has 2 rings (SSSR count). The van der Waals surface area contributed by atoms with E-state index in [1.807, 2.05) is 13.1 Å². The van der Waals surface area contributed by atoms with Crippen molar-refractivity contribution in [2.75, 3.05) is 12.5 Å². The van der Waals surface area contributed by atoms with Crippen LogP contribution in [-0.2, 0) is 13.5 Å². The molecule has 0 aliphatic rings. The van der Waals surface area contributed by atoms with Crippen LogP contribution >= 0.6 is 11.6 Å². The number of ether oxygens (including phenoxy) is 1. The standard InChI is InChI=1S/C16H16ClFN2O/c1-20-14(7-10-19-20)8-11-21-15-6-5-13(16(18)12-15)4-2-3-9-17/h5-7,10,12H,3,8-9,11H2,1H3. The summed E-state index contributed by atoms with van der Waals surface area (Å²) in [7, 11) is 1.88. The zero-order valence-electron chi connectivity index (χ0n) is 11.8. The fraction of sp³-hybridized carbons (Fsp3) is 0.312. The Hall–Kier alpha value is -1.99. The molecule has 110 valence electrons. The SMILES string of the molecule is Cn1nccc1CCOc1ccc(C#CCCCl)c(F)c1. The highest BCUT2D eigenvalue weighted by Crippen LogP contribution is 2.16. The van der Waals surface area contributed by atoms with Gasteiger partial charge in [-0.1, -0.05) is 11.8 Å². The van der Waals surface area contributed by atoms with Crippen molar-refractivity contribution in [3.8, 4) is 17.6 Å². The summed E-state index contributed by atoms with van der Waals surface area (Å²) < 4.78 is 21.1. The molecule has 0 aliphatic heterocycles. The molecule has 0 saturated carbocycles. The van der Waals surface area contributed by atoms with Crippen molar-refractivity contribution in [3.05, 3.63) is 47.5 Å². The third-order valence-corrected chi connectivity index (χ3v) is 3.12. The number of hydrogen-bond acceptors (Lipinski definition) is 2. The van der Waals surface area contributed by atoms with Crippen LogP contribution in [0.1, 0.15) is 17.7 Å². The molecule has 2 aromatic rings. The normalized spacial score (nSPS) is 10.0. The van der Waals surface area contributed by atoms with Gasteiger partial charge in [0.05, 0.1) is 12.2 Å². The summed E-state index contributed by atoms with van der Waals surface area (Å²) in [5, 5.41) is 4.08.